The summed E-state index contributed by atoms with van der Waals surface area (Å²) in [6.07, 6.45) is 0. The number of hydrogen-bond donors (Lipinski definition) is 0. The predicted molar refractivity (Wildman–Crippen MR) is 59.8 cm³/mol. The van der Waals surface area contributed by atoms with E-state index < -0.39 is 0 Å². The van der Waals surface area contributed by atoms with Crippen LogP contribution in [0.2, 0.25) is 0 Å². The molecule has 0 amide bonds. The molecule has 0 bridgehead atoms. The van der Waals surface area contributed by atoms with Gasteiger partial charge in [-0.25, -0.2) is 0 Å². The number of ether oxygens (including phenoxy) is 1. The first-order valence-electron chi connectivity index (χ1n) is 4.56. The van der Waals surface area contributed by atoms with Gasteiger partial charge in [-0.2, -0.15) is 0 Å². The van der Waals surface area contributed by atoms with E-state index >= 15 is 0 Å². The highest BCUT2D eigenvalue weighted by Crippen LogP contribution is 2.16. The highest BCUT2D eigenvalue weighted by atomic mass is 32.1. The summed E-state index contributed by atoms with van der Waals surface area (Å²) in [5.41, 5.74) is 1.23. The van der Waals surface area contributed by atoms with Gasteiger partial charge in [-0.3, -0.25) is 0 Å². The highest BCUT2D eigenvalue weighted by Gasteiger charge is 1.96. The molecule has 0 saturated carbocycles. The Hall–Kier alpha value is -1.28. The normalized spacial score (nSPS) is 10.1. The third kappa shape index (κ3) is 2.36. The number of thiophene rings is 1. The van der Waals surface area contributed by atoms with E-state index in [4.69, 9.17) is 4.74 Å². The standard InChI is InChI=1S/C12H12OS/c1-10-4-2-5-11(8-10)13-9-12-6-3-7-14-12/h2-8H,9H2,1H3. The minimum absolute atomic E-state index is 0.668. The van der Waals surface area contributed by atoms with Crippen LogP contribution in [0.3, 0.4) is 0 Å². The Morgan fingerprint density at radius 2 is 2.14 bits per heavy atom. The first kappa shape index (κ1) is 9.28. The third-order valence-corrected chi connectivity index (χ3v) is 2.80. The van der Waals surface area contributed by atoms with E-state index in [2.05, 4.69) is 24.4 Å². The van der Waals surface area contributed by atoms with Crippen molar-refractivity contribution < 1.29 is 4.74 Å². The number of benzene rings is 1. The summed E-state index contributed by atoms with van der Waals surface area (Å²) in [5.74, 6) is 0.943. The summed E-state index contributed by atoms with van der Waals surface area (Å²) >= 11 is 1.72. The van der Waals surface area contributed by atoms with Crippen LogP contribution in [0.5, 0.6) is 5.75 Å². The molecule has 2 heteroatoms. The van der Waals surface area contributed by atoms with Crippen molar-refractivity contribution in [2.45, 2.75) is 13.5 Å². The van der Waals surface area contributed by atoms with Crippen molar-refractivity contribution in [1.82, 2.24) is 0 Å². The molecule has 1 heterocycles. The maximum Gasteiger partial charge on any atom is 0.122 e. The Balaban J connectivity index is 1.98. The maximum atomic E-state index is 5.64. The summed E-state index contributed by atoms with van der Waals surface area (Å²) in [5, 5.41) is 2.06. The quantitative estimate of drug-likeness (QED) is 0.741. The molecule has 0 unspecified atom stereocenters. The number of hydrogen-bond acceptors (Lipinski definition) is 2. The molecule has 14 heavy (non-hydrogen) atoms. The van der Waals surface area contributed by atoms with E-state index in [-0.39, 0.29) is 0 Å². The summed E-state index contributed by atoms with van der Waals surface area (Å²) < 4.78 is 5.64. The second-order valence-electron chi connectivity index (χ2n) is 3.18. The maximum absolute atomic E-state index is 5.64. The van der Waals surface area contributed by atoms with Crippen LogP contribution in [0.4, 0.5) is 0 Å². The molecular weight excluding hydrogens is 192 g/mol. The van der Waals surface area contributed by atoms with E-state index in [9.17, 15) is 0 Å². The van der Waals surface area contributed by atoms with Crippen molar-refractivity contribution in [2.75, 3.05) is 0 Å². The van der Waals surface area contributed by atoms with Crippen LogP contribution in [0.15, 0.2) is 41.8 Å². The SMILES string of the molecule is Cc1cccc(OCc2cccs2)c1. The summed E-state index contributed by atoms with van der Waals surface area (Å²) in [7, 11) is 0. The molecule has 2 aromatic rings. The lowest BCUT2D eigenvalue weighted by atomic mass is 10.2. The van der Waals surface area contributed by atoms with Gasteiger partial charge in [0.1, 0.15) is 12.4 Å². The second kappa shape index (κ2) is 4.29. The zero-order chi connectivity index (χ0) is 9.80. The van der Waals surface area contributed by atoms with Crippen LogP contribution < -0.4 is 4.74 Å². The first-order valence-corrected chi connectivity index (χ1v) is 5.44. The van der Waals surface area contributed by atoms with Crippen LogP contribution in [0.25, 0.3) is 0 Å². The predicted octanol–water partition coefficient (Wildman–Crippen LogP) is 3.64. The monoisotopic (exact) mass is 204 g/mol. The topological polar surface area (TPSA) is 9.23 Å². The van der Waals surface area contributed by atoms with E-state index in [0.29, 0.717) is 6.61 Å². The molecule has 0 aliphatic carbocycles. The average molecular weight is 204 g/mol. The van der Waals surface area contributed by atoms with Gasteiger partial charge < -0.3 is 4.74 Å². The van der Waals surface area contributed by atoms with Gasteiger partial charge in [0.05, 0.1) is 0 Å². The third-order valence-electron chi connectivity index (χ3n) is 1.95. The smallest absolute Gasteiger partial charge is 0.122 e. The van der Waals surface area contributed by atoms with Crippen molar-refractivity contribution in [3.05, 3.63) is 52.2 Å². The molecule has 72 valence electrons. The molecule has 0 atom stereocenters. The van der Waals surface area contributed by atoms with Gasteiger partial charge in [-0.15, -0.1) is 11.3 Å². The van der Waals surface area contributed by atoms with Gasteiger partial charge in [0, 0.05) is 4.88 Å². The summed E-state index contributed by atoms with van der Waals surface area (Å²) in [6, 6.07) is 12.2. The summed E-state index contributed by atoms with van der Waals surface area (Å²) in [6.45, 7) is 2.74. The Kier molecular flexibility index (Phi) is 2.84. The Morgan fingerprint density at radius 3 is 2.86 bits per heavy atom. The minimum Gasteiger partial charge on any atom is -0.488 e. The van der Waals surface area contributed by atoms with Crippen LogP contribution in [-0.4, -0.2) is 0 Å². The van der Waals surface area contributed by atoms with Crippen LogP contribution in [0.1, 0.15) is 10.4 Å². The van der Waals surface area contributed by atoms with Gasteiger partial charge in [-0.1, -0.05) is 18.2 Å². The molecule has 0 spiro atoms. The van der Waals surface area contributed by atoms with Gasteiger partial charge in [0.15, 0.2) is 0 Å². The van der Waals surface area contributed by atoms with Gasteiger partial charge in [0.25, 0.3) is 0 Å². The van der Waals surface area contributed by atoms with E-state index in [1.165, 1.54) is 10.4 Å². The van der Waals surface area contributed by atoms with E-state index in [0.717, 1.165) is 5.75 Å². The molecule has 1 nitrogen and oxygen atoms in total. The average Bonchev–Trinajstić information content (AvgIpc) is 2.67. The zero-order valence-electron chi connectivity index (χ0n) is 8.07. The van der Waals surface area contributed by atoms with Crippen LogP contribution in [-0.2, 0) is 6.61 Å². The Morgan fingerprint density at radius 1 is 1.21 bits per heavy atom. The minimum atomic E-state index is 0.668. The zero-order valence-corrected chi connectivity index (χ0v) is 8.88. The lowest BCUT2D eigenvalue weighted by Crippen LogP contribution is -1.92. The Bertz CT molecular complexity index is 392. The molecule has 1 aromatic carbocycles. The van der Waals surface area contributed by atoms with Crippen molar-refractivity contribution in [3.63, 3.8) is 0 Å². The highest BCUT2D eigenvalue weighted by molar-refractivity contribution is 7.09. The Labute approximate surface area is 88.0 Å². The van der Waals surface area contributed by atoms with Crippen molar-refractivity contribution >= 4 is 11.3 Å². The molecule has 0 fully saturated rings. The second-order valence-corrected chi connectivity index (χ2v) is 4.22. The van der Waals surface area contributed by atoms with Crippen LogP contribution in [0, 0.1) is 6.92 Å². The molecule has 2 rings (SSSR count). The van der Waals surface area contributed by atoms with Crippen molar-refractivity contribution in [1.29, 1.82) is 0 Å². The van der Waals surface area contributed by atoms with Crippen molar-refractivity contribution in [3.8, 4) is 5.75 Å². The summed E-state index contributed by atoms with van der Waals surface area (Å²) in [4.78, 5) is 1.26. The van der Waals surface area contributed by atoms with Crippen molar-refractivity contribution in [2.24, 2.45) is 0 Å². The molecule has 1 aromatic heterocycles. The number of rotatable bonds is 3. The van der Waals surface area contributed by atoms with E-state index in [1.54, 1.807) is 11.3 Å². The molecular formula is C12H12OS. The fraction of sp³-hybridized carbons (Fsp3) is 0.167. The van der Waals surface area contributed by atoms with Gasteiger partial charge >= 0.3 is 0 Å². The molecule has 0 radical (unpaired) electrons. The largest absolute Gasteiger partial charge is 0.488 e. The fourth-order valence-electron chi connectivity index (χ4n) is 1.25. The fourth-order valence-corrected chi connectivity index (χ4v) is 1.87. The lowest BCUT2D eigenvalue weighted by Gasteiger charge is -2.04. The molecule has 0 N–H and O–H groups in total. The molecule has 0 saturated heterocycles. The number of aryl methyl sites for hydroxylation is 1. The van der Waals surface area contributed by atoms with E-state index in [1.807, 2.05) is 24.3 Å². The lowest BCUT2D eigenvalue weighted by molar-refractivity contribution is 0.309. The first-order chi connectivity index (χ1) is 6.84. The van der Waals surface area contributed by atoms with Gasteiger partial charge in [0.2, 0.25) is 0 Å². The molecule has 0 aliphatic heterocycles. The molecule has 0 aliphatic rings. The van der Waals surface area contributed by atoms with Crippen LogP contribution >= 0.6 is 11.3 Å². The van der Waals surface area contributed by atoms with Gasteiger partial charge in [-0.05, 0) is 36.1 Å².